The first-order chi connectivity index (χ1) is 12.7. The van der Waals surface area contributed by atoms with Gasteiger partial charge in [-0.1, -0.05) is 12.1 Å². The number of hydrogen-bond acceptors (Lipinski definition) is 4. The van der Waals surface area contributed by atoms with Gasteiger partial charge in [0.1, 0.15) is 18.2 Å². The van der Waals surface area contributed by atoms with Gasteiger partial charge in [-0.2, -0.15) is 22.5 Å². The second kappa shape index (κ2) is 6.86. The zero-order valence-corrected chi connectivity index (χ0v) is 14.3. The van der Waals surface area contributed by atoms with E-state index in [1.54, 1.807) is 6.92 Å². The van der Waals surface area contributed by atoms with Gasteiger partial charge in [-0.25, -0.2) is 9.18 Å². The van der Waals surface area contributed by atoms with Crippen LogP contribution in [0.2, 0.25) is 0 Å². The Morgan fingerprint density at radius 2 is 1.89 bits per heavy atom. The highest BCUT2D eigenvalue weighted by Gasteiger charge is 2.34. The second-order valence-electron chi connectivity index (χ2n) is 5.82. The Kier molecular flexibility index (Phi) is 4.73. The normalized spacial score (nSPS) is 11.6. The monoisotopic (exact) mass is 382 g/mol. The average molecular weight is 382 g/mol. The summed E-state index contributed by atoms with van der Waals surface area (Å²) in [6, 6.07) is 7.30. The molecule has 0 spiro atoms. The van der Waals surface area contributed by atoms with Gasteiger partial charge in [0.2, 0.25) is 0 Å². The number of tetrazole rings is 1. The highest BCUT2D eigenvalue weighted by Crippen LogP contribution is 2.37. The molecule has 2 aromatic carbocycles. The molecule has 0 saturated carbocycles. The molecule has 0 atom stereocenters. The van der Waals surface area contributed by atoms with Gasteiger partial charge >= 0.3 is 11.9 Å². The van der Waals surface area contributed by atoms with Gasteiger partial charge < -0.3 is 4.74 Å². The van der Waals surface area contributed by atoms with Crippen LogP contribution in [0.5, 0.6) is 5.75 Å². The van der Waals surface area contributed by atoms with Crippen LogP contribution >= 0.6 is 0 Å². The quantitative estimate of drug-likeness (QED) is 0.651. The molecule has 0 aliphatic heterocycles. The van der Waals surface area contributed by atoms with Gasteiger partial charge in [0, 0.05) is 7.05 Å². The minimum Gasteiger partial charge on any atom is -0.488 e. The van der Waals surface area contributed by atoms with Gasteiger partial charge in [-0.3, -0.25) is 0 Å². The first-order valence-electron chi connectivity index (χ1n) is 7.76. The fourth-order valence-corrected chi connectivity index (χ4v) is 2.49. The standard InChI is InChI=1S/C17H14F4N4O2/c1-10-6-7-12(17(19,20)21)15(8-10)27-9-11-13(18)4-3-5-14(11)25-16(26)24(2)22-23-25/h3-8H,9H2,1-2H3. The molecule has 3 aromatic rings. The molecule has 0 aliphatic carbocycles. The van der Waals surface area contributed by atoms with Crippen molar-refractivity contribution in [3.63, 3.8) is 0 Å². The molecule has 0 bridgehead atoms. The van der Waals surface area contributed by atoms with Crippen molar-refractivity contribution in [3.8, 4) is 11.4 Å². The van der Waals surface area contributed by atoms with Crippen LogP contribution in [0.4, 0.5) is 17.6 Å². The van der Waals surface area contributed by atoms with E-state index in [0.717, 1.165) is 21.5 Å². The predicted molar refractivity (Wildman–Crippen MR) is 87.1 cm³/mol. The van der Waals surface area contributed by atoms with Crippen molar-refractivity contribution < 1.29 is 22.3 Å². The molecule has 0 amide bonds. The van der Waals surface area contributed by atoms with Gasteiger partial charge in [-0.05, 0) is 47.2 Å². The van der Waals surface area contributed by atoms with Crippen molar-refractivity contribution in [2.75, 3.05) is 0 Å². The third-order valence-corrected chi connectivity index (χ3v) is 3.86. The lowest BCUT2D eigenvalue weighted by Crippen LogP contribution is -2.23. The fourth-order valence-electron chi connectivity index (χ4n) is 2.49. The number of benzene rings is 2. The van der Waals surface area contributed by atoms with Crippen molar-refractivity contribution in [2.45, 2.75) is 19.7 Å². The smallest absolute Gasteiger partial charge is 0.419 e. The number of aryl methyl sites for hydroxylation is 2. The van der Waals surface area contributed by atoms with Crippen LogP contribution < -0.4 is 10.4 Å². The maximum absolute atomic E-state index is 14.3. The summed E-state index contributed by atoms with van der Waals surface area (Å²) in [5.74, 6) is -1.17. The van der Waals surface area contributed by atoms with Crippen molar-refractivity contribution in [1.29, 1.82) is 0 Å². The number of ether oxygens (including phenoxy) is 1. The number of nitrogens with zero attached hydrogens (tertiary/aromatic N) is 4. The van der Waals surface area contributed by atoms with E-state index in [1.807, 2.05) is 0 Å². The molecular weight excluding hydrogens is 368 g/mol. The molecule has 0 radical (unpaired) electrons. The molecule has 0 fully saturated rings. The predicted octanol–water partition coefficient (Wildman–Crippen LogP) is 3.01. The number of rotatable bonds is 4. The van der Waals surface area contributed by atoms with E-state index in [-0.39, 0.29) is 11.3 Å². The molecule has 27 heavy (non-hydrogen) atoms. The van der Waals surface area contributed by atoms with Gasteiger partial charge in [0.05, 0.1) is 16.8 Å². The minimum absolute atomic E-state index is 0.0364. The first kappa shape index (κ1) is 18.6. The first-order valence-corrected chi connectivity index (χ1v) is 7.76. The molecule has 1 heterocycles. The van der Waals surface area contributed by atoms with Crippen LogP contribution in [-0.2, 0) is 19.8 Å². The molecule has 3 rings (SSSR count). The van der Waals surface area contributed by atoms with Crippen LogP contribution in [0.15, 0.2) is 41.2 Å². The average Bonchev–Trinajstić information content (AvgIpc) is 2.91. The second-order valence-corrected chi connectivity index (χ2v) is 5.82. The Morgan fingerprint density at radius 3 is 2.52 bits per heavy atom. The summed E-state index contributed by atoms with van der Waals surface area (Å²) in [5, 5.41) is 7.17. The topological polar surface area (TPSA) is 61.9 Å². The molecule has 0 aliphatic rings. The molecule has 0 N–H and O–H groups in total. The van der Waals surface area contributed by atoms with Gasteiger partial charge in [0.15, 0.2) is 0 Å². The number of halogens is 4. The van der Waals surface area contributed by atoms with Crippen LogP contribution in [0.1, 0.15) is 16.7 Å². The fraction of sp³-hybridized carbons (Fsp3) is 0.235. The van der Waals surface area contributed by atoms with Crippen molar-refractivity contribution in [2.24, 2.45) is 7.05 Å². The highest BCUT2D eigenvalue weighted by atomic mass is 19.4. The van der Waals surface area contributed by atoms with Crippen LogP contribution in [0, 0.1) is 12.7 Å². The van der Waals surface area contributed by atoms with E-state index >= 15 is 0 Å². The summed E-state index contributed by atoms with van der Waals surface area (Å²) in [4.78, 5) is 12.0. The molecule has 142 valence electrons. The lowest BCUT2D eigenvalue weighted by molar-refractivity contribution is -0.139. The molecule has 1 aromatic heterocycles. The highest BCUT2D eigenvalue weighted by molar-refractivity contribution is 5.42. The Bertz CT molecular complexity index is 1040. The van der Waals surface area contributed by atoms with Crippen LogP contribution in [0.25, 0.3) is 5.69 Å². The summed E-state index contributed by atoms with van der Waals surface area (Å²) in [5.41, 5.74) is -1.13. The van der Waals surface area contributed by atoms with Gasteiger partial charge in [-0.15, -0.1) is 0 Å². The summed E-state index contributed by atoms with van der Waals surface area (Å²) in [6.45, 7) is 1.08. The summed E-state index contributed by atoms with van der Waals surface area (Å²) >= 11 is 0. The number of alkyl halides is 3. The lowest BCUT2D eigenvalue weighted by Gasteiger charge is -2.16. The van der Waals surface area contributed by atoms with E-state index in [4.69, 9.17) is 4.74 Å². The van der Waals surface area contributed by atoms with Gasteiger partial charge in [0.25, 0.3) is 0 Å². The third kappa shape index (κ3) is 3.69. The molecule has 10 heteroatoms. The molecule has 0 unspecified atom stereocenters. The van der Waals surface area contributed by atoms with E-state index < -0.39 is 35.6 Å². The van der Waals surface area contributed by atoms with Crippen molar-refractivity contribution in [3.05, 3.63) is 69.4 Å². The van der Waals surface area contributed by atoms with E-state index in [9.17, 15) is 22.4 Å². The maximum Gasteiger partial charge on any atom is 0.419 e. The summed E-state index contributed by atoms with van der Waals surface area (Å²) < 4.78 is 60.9. The van der Waals surface area contributed by atoms with E-state index in [2.05, 4.69) is 10.4 Å². The summed E-state index contributed by atoms with van der Waals surface area (Å²) in [7, 11) is 1.36. The zero-order chi connectivity index (χ0) is 19.8. The van der Waals surface area contributed by atoms with Crippen LogP contribution in [-0.4, -0.2) is 19.8 Å². The third-order valence-electron chi connectivity index (χ3n) is 3.86. The van der Waals surface area contributed by atoms with Crippen molar-refractivity contribution in [1.82, 2.24) is 19.8 Å². The molecule has 6 nitrogen and oxygen atoms in total. The number of aromatic nitrogens is 4. The van der Waals surface area contributed by atoms with E-state index in [0.29, 0.717) is 5.56 Å². The summed E-state index contributed by atoms with van der Waals surface area (Å²) in [6.07, 6.45) is -4.62. The van der Waals surface area contributed by atoms with E-state index in [1.165, 1.54) is 31.3 Å². The molecule has 0 saturated heterocycles. The molecular formula is C17H14F4N4O2. The van der Waals surface area contributed by atoms with Crippen molar-refractivity contribution >= 4 is 0 Å². The largest absolute Gasteiger partial charge is 0.488 e. The Balaban J connectivity index is 2.00. The van der Waals surface area contributed by atoms with Crippen LogP contribution in [0.3, 0.4) is 0 Å². The number of hydrogen-bond donors (Lipinski definition) is 0. The Labute approximate surface area is 150 Å². The Morgan fingerprint density at radius 1 is 1.15 bits per heavy atom. The zero-order valence-electron chi connectivity index (χ0n) is 14.3. The minimum atomic E-state index is -4.62. The maximum atomic E-state index is 14.3. The SMILES string of the molecule is Cc1ccc(C(F)(F)F)c(OCc2c(F)cccc2-n2nnn(C)c2=O)c1. The lowest BCUT2D eigenvalue weighted by atomic mass is 10.1. The Hall–Kier alpha value is -3.17.